The Morgan fingerprint density at radius 1 is 1.50 bits per heavy atom. The standard InChI is InChI=1S/C4H14N2OSi/c1-7-8(4-6)3-2-5/h8H,2-6H2,1H3. The molecule has 0 aliphatic rings. The molecule has 0 spiro atoms. The lowest BCUT2D eigenvalue weighted by Crippen LogP contribution is -2.29. The van der Waals surface area contributed by atoms with Gasteiger partial charge in [0, 0.05) is 13.3 Å². The Balaban J connectivity index is 3.07. The molecule has 0 rings (SSSR count). The van der Waals surface area contributed by atoms with Gasteiger partial charge in [-0.3, -0.25) is 0 Å². The first-order valence-corrected chi connectivity index (χ1v) is 4.88. The van der Waals surface area contributed by atoms with E-state index in [9.17, 15) is 0 Å². The van der Waals surface area contributed by atoms with E-state index in [2.05, 4.69) is 0 Å². The van der Waals surface area contributed by atoms with Crippen LogP contribution in [0.4, 0.5) is 0 Å². The van der Waals surface area contributed by atoms with Crippen LogP contribution in [0.3, 0.4) is 0 Å². The van der Waals surface area contributed by atoms with Crippen molar-refractivity contribution >= 4 is 9.04 Å². The van der Waals surface area contributed by atoms with Crippen molar-refractivity contribution in [3.05, 3.63) is 0 Å². The van der Waals surface area contributed by atoms with Gasteiger partial charge in [-0.2, -0.15) is 0 Å². The Bertz CT molecular complexity index is 49.3. The summed E-state index contributed by atoms with van der Waals surface area (Å²) in [6.45, 7) is 0.710. The molecule has 0 aliphatic carbocycles. The van der Waals surface area contributed by atoms with Gasteiger partial charge < -0.3 is 15.9 Å². The van der Waals surface area contributed by atoms with Crippen molar-refractivity contribution in [3.8, 4) is 0 Å². The molecule has 3 nitrogen and oxygen atoms in total. The Hall–Kier alpha value is 0.0969. The molecule has 0 amide bonds. The lowest BCUT2D eigenvalue weighted by molar-refractivity contribution is 0.419. The largest absolute Gasteiger partial charge is 0.422 e. The van der Waals surface area contributed by atoms with Crippen LogP contribution in [0.25, 0.3) is 0 Å². The normalized spacial score (nSPS) is 13.9. The monoisotopic (exact) mass is 134 g/mol. The average molecular weight is 134 g/mol. The molecule has 0 aliphatic heterocycles. The molecule has 0 heterocycles. The van der Waals surface area contributed by atoms with Crippen LogP contribution < -0.4 is 11.5 Å². The Labute approximate surface area is 51.7 Å². The fourth-order valence-corrected chi connectivity index (χ4v) is 1.55. The van der Waals surface area contributed by atoms with Crippen LogP contribution in [-0.2, 0) is 4.43 Å². The van der Waals surface area contributed by atoms with Gasteiger partial charge in [0.1, 0.15) is 0 Å². The lowest BCUT2D eigenvalue weighted by atomic mass is 10.8. The highest BCUT2D eigenvalue weighted by Gasteiger charge is 2.03. The van der Waals surface area contributed by atoms with Crippen LogP contribution in [0.2, 0.25) is 6.04 Å². The highest BCUT2D eigenvalue weighted by molar-refractivity contribution is 6.51. The third-order valence-corrected chi connectivity index (χ3v) is 3.25. The molecular formula is C4H14N2OSi. The summed E-state index contributed by atoms with van der Waals surface area (Å²) >= 11 is 0. The van der Waals surface area contributed by atoms with Gasteiger partial charge in [-0.15, -0.1) is 0 Å². The minimum Gasteiger partial charge on any atom is -0.422 e. The molecule has 50 valence electrons. The van der Waals surface area contributed by atoms with Crippen molar-refractivity contribution in [1.82, 2.24) is 0 Å². The van der Waals surface area contributed by atoms with Gasteiger partial charge >= 0.3 is 0 Å². The van der Waals surface area contributed by atoms with Crippen LogP contribution in [0.15, 0.2) is 0 Å². The van der Waals surface area contributed by atoms with Gasteiger partial charge in [-0.05, 0) is 12.6 Å². The SMILES string of the molecule is CO[SiH](CN)CCN. The molecule has 0 fully saturated rings. The van der Waals surface area contributed by atoms with Crippen molar-refractivity contribution in [2.45, 2.75) is 6.04 Å². The van der Waals surface area contributed by atoms with Crippen molar-refractivity contribution in [2.24, 2.45) is 11.5 Å². The van der Waals surface area contributed by atoms with E-state index in [-0.39, 0.29) is 0 Å². The quantitative estimate of drug-likeness (QED) is 0.475. The second-order valence-corrected chi connectivity index (χ2v) is 4.43. The van der Waals surface area contributed by atoms with Gasteiger partial charge in [0.2, 0.25) is 0 Å². The Morgan fingerprint density at radius 2 is 2.12 bits per heavy atom. The molecule has 4 heteroatoms. The zero-order valence-electron chi connectivity index (χ0n) is 5.26. The molecule has 1 unspecified atom stereocenters. The van der Waals surface area contributed by atoms with E-state index < -0.39 is 9.04 Å². The van der Waals surface area contributed by atoms with Crippen molar-refractivity contribution in [3.63, 3.8) is 0 Å². The maximum Gasteiger partial charge on any atom is 0.190 e. The molecule has 0 aromatic rings. The minimum absolute atomic E-state index is 0.702. The fraction of sp³-hybridized carbons (Fsp3) is 1.00. The van der Waals surface area contributed by atoms with Gasteiger partial charge in [0.05, 0.1) is 0 Å². The Kier molecular flexibility index (Phi) is 5.30. The molecule has 0 saturated carbocycles. The summed E-state index contributed by atoms with van der Waals surface area (Å²) in [5, 5.41) is 0. The van der Waals surface area contributed by atoms with Crippen LogP contribution in [0.1, 0.15) is 0 Å². The number of nitrogens with two attached hydrogens (primary N) is 2. The third kappa shape index (κ3) is 3.14. The van der Waals surface area contributed by atoms with E-state index in [1.807, 2.05) is 0 Å². The summed E-state index contributed by atoms with van der Waals surface area (Å²) in [6.07, 6.45) is 0.702. The first-order chi connectivity index (χ1) is 3.85. The van der Waals surface area contributed by atoms with E-state index in [0.29, 0.717) is 12.7 Å². The summed E-state index contributed by atoms with van der Waals surface area (Å²) in [4.78, 5) is 0. The number of rotatable bonds is 4. The minimum atomic E-state index is -1.04. The van der Waals surface area contributed by atoms with Crippen LogP contribution >= 0.6 is 0 Å². The molecule has 0 saturated heterocycles. The smallest absolute Gasteiger partial charge is 0.190 e. The molecule has 0 aromatic heterocycles. The van der Waals surface area contributed by atoms with Crippen molar-refractivity contribution < 1.29 is 4.43 Å². The molecule has 0 radical (unpaired) electrons. The van der Waals surface area contributed by atoms with Gasteiger partial charge in [0.15, 0.2) is 9.04 Å². The maximum atomic E-state index is 5.35. The van der Waals surface area contributed by atoms with E-state index in [1.165, 1.54) is 0 Å². The molecule has 8 heavy (non-hydrogen) atoms. The predicted octanol–water partition coefficient (Wildman–Crippen LogP) is -1.19. The summed E-state index contributed by atoms with van der Waals surface area (Å²) in [5.41, 5.74) is 10.6. The summed E-state index contributed by atoms with van der Waals surface area (Å²) in [7, 11) is 0.668. The van der Waals surface area contributed by atoms with Crippen LogP contribution in [0.5, 0.6) is 0 Å². The number of hydrogen-bond acceptors (Lipinski definition) is 3. The Morgan fingerprint density at radius 3 is 2.25 bits per heavy atom. The summed E-state index contributed by atoms with van der Waals surface area (Å²) in [5.74, 6) is 0. The van der Waals surface area contributed by atoms with E-state index in [1.54, 1.807) is 7.11 Å². The third-order valence-electron chi connectivity index (χ3n) is 1.08. The molecule has 1 atom stereocenters. The second-order valence-electron chi connectivity index (χ2n) is 1.67. The van der Waals surface area contributed by atoms with Crippen LogP contribution in [-0.4, -0.2) is 28.9 Å². The van der Waals surface area contributed by atoms with Crippen LogP contribution in [0, 0.1) is 0 Å². The lowest BCUT2D eigenvalue weighted by Gasteiger charge is -2.07. The summed E-state index contributed by atoms with van der Waals surface area (Å²) in [6, 6.07) is 0.993. The first-order valence-electron chi connectivity index (χ1n) is 2.78. The van der Waals surface area contributed by atoms with Crippen molar-refractivity contribution in [2.75, 3.05) is 19.8 Å². The topological polar surface area (TPSA) is 61.3 Å². The van der Waals surface area contributed by atoms with Gasteiger partial charge in [-0.25, -0.2) is 0 Å². The van der Waals surface area contributed by atoms with E-state index >= 15 is 0 Å². The van der Waals surface area contributed by atoms with E-state index in [4.69, 9.17) is 15.9 Å². The average Bonchev–Trinajstić information content (AvgIpc) is 1.83. The van der Waals surface area contributed by atoms with E-state index in [0.717, 1.165) is 6.04 Å². The molecular weight excluding hydrogens is 120 g/mol. The molecule has 4 N–H and O–H groups in total. The zero-order chi connectivity index (χ0) is 6.41. The maximum absolute atomic E-state index is 5.35. The first kappa shape index (κ1) is 8.10. The van der Waals surface area contributed by atoms with Gasteiger partial charge in [-0.1, -0.05) is 0 Å². The van der Waals surface area contributed by atoms with Crippen molar-refractivity contribution in [1.29, 1.82) is 0 Å². The predicted molar refractivity (Wildman–Crippen MR) is 37.1 cm³/mol. The molecule has 0 bridgehead atoms. The fourth-order valence-electron chi connectivity index (χ4n) is 0.518. The summed E-state index contributed by atoms with van der Waals surface area (Å²) < 4.78 is 5.07. The zero-order valence-corrected chi connectivity index (χ0v) is 6.42. The highest BCUT2D eigenvalue weighted by atomic mass is 28.3. The highest BCUT2D eigenvalue weighted by Crippen LogP contribution is 1.86. The molecule has 0 aromatic carbocycles. The number of hydrogen-bond donors (Lipinski definition) is 2. The van der Waals surface area contributed by atoms with Gasteiger partial charge in [0.25, 0.3) is 0 Å². The second kappa shape index (κ2) is 5.24.